The standard InChI is InChI=1S/C22H24N4O2S.2ClH/c27-20(17-2-1-7-23-13-17)16-3-4-18-19(12-16)29-21(28)26(18)11-10-25-9-6-22(15-25)5-8-24-14-22;;/h1-4,7,12-13,24H,5-6,8-11,14-15H2;2*1H. The first-order valence-electron chi connectivity index (χ1n) is 10.1. The number of fused-ring (bicyclic) bond motifs is 1. The van der Waals surface area contributed by atoms with Crippen LogP contribution in [0.1, 0.15) is 28.8 Å². The second-order valence-corrected chi connectivity index (χ2v) is 9.22. The number of thiazole rings is 1. The maximum absolute atomic E-state index is 12.7. The third kappa shape index (κ3) is 4.71. The normalized spacial score (nSPS) is 20.6. The van der Waals surface area contributed by atoms with Crippen LogP contribution in [0.25, 0.3) is 10.2 Å². The fraction of sp³-hybridized carbons (Fsp3) is 0.409. The number of hydrogen-bond donors (Lipinski definition) is 1. The van der Waals surface area contributed by atoms with Crippen molar-refractivity contribution in [3.8, 4) is 0 Å². The summed E-state index contributed by atoms with van der Waals surface area (Å²) in [5.74, 6) is -0.0695. The van der Waals surface area contributed by atoms with Crippen molar-refractivity contribution in [1.29, 1.82) is 0 Å². The first-order chi connectivity index (χ1) is 14.1. The van der Waals surface area contributed by atoms with Crippen LogP contribution in [0.15, 0.2) is 47.5 Å². The van der Waals surface area contributed by atoms with Gasteiger partial charge in [-0.15, -0.1) is 24.8 Å². The number of carbonyl (C=O) groups excluding carboxylic acids is 1. The van der Waals surface area contributed by atoms with Gasteiger partial charge < -0.3 is 10.2 Å². The van der Waals surface area contributed by atoms with Gasteiger partial charge in [-0.1, -0.05) is 11.3 Å². The molecule has 0 aliphatic carbocycles. The van der Waals surface area contributed by atoms with Gasteiger partial charge in [-0.05, 0) is 61.7 Å². The Morgan fingerprint density at radius 2 is 2.03 bits per heavy atom. The van der Waals surface area contributed by atoms with Crippen LogP contribution in [0, 0.1) is 5.41 Å². The van der Waals surface area contributed by atoms with Crippen molar-refractivity contribution >= 4 is 52.2 Å². The second kappa shape index (κ2) is 9.79. The van der Waals surface area contributed by atoms with E-state index in [2.05, 4.69) is 15.2 Å². The van der Waals surface area contributed by atoms with E-state index in [9.17, 15) is 9.59 Å². The lowest BCUT2D eigenvalue weighted by atomic mass is 9.87. The van der Waals surface area contributed by atoms with Crippen molar-refractivity contribution in [2.45, 2.75) is 19.4 Å². The molecule has 2 fully saturated rings. The quantitative estimate of drug-likeness (QED) is 0.567. The summed E-state index contributed by atoms with van der Waals surface area (Å²) in [5, 5.41) is 3.49. The van der Waals surface area contributed by atoms with Crippen molar-refractivity contribution in [2.75, 3.05) is 32.7 Å². The van der Waals surface area contributed by atoms with Gasteiger partial charge in [0, 0.05) is 49.7 Å². The Morgan fingerprint density at radius 1 is 1.16 bits per heavy atom. The number of hydrogen-bond acceptors (Lipinski definition) is 6. The predicted molar refractivity (Wildman–Crippen MR) is 129 cm³/mol. The molecule has 6 nitrogen and oxygen atoms in total. The zero-order valence-corrected chi connectivity index (χ0v) is 19.5. The Hall–Kier alpha value is -1.77. The highest BCUT2D eigenvalue weighted by atomic mass is 35.5. The highest BCUT2D eigenvalue weighted by molar-refractivity contribution is 7.16. The van der Waals surface area contributed by atoms with Gasteiger partial charge >= 0.3 is 4.87 Å². The van der Waals surface area contributed by atoms with Gasteiger partial charge in [-0.25, -0.2) is 0 Å². The summed E-state index contributed by atoms with van der Waals surface area (Å²) in [7, 11) is 0. The number of likely N-dealkylation sites (tertiary alicyclic amines) is 1. The van der Waals surface area contributed by atoms with E-state index in [0.717, 1.165) is 42.9 Å². The van der Waals surface area contributed by atoms with Crippen LogP contribution < -0.4 is 10.2 Å². The molecule has 0 radical (unpaired) electrons. The molecule has 0 amide bonds. The molecule has 0 bridgehead atoms. The number of nitrogens with one attached hydrogen (secondary N) is 1. The fourth-order valence-electron chi connectivity index (χ4n) is 4.69. The van der Waals surface area contributed by atoms with Gasteiger partial charge in [0.1, 0.15) is 0 Å². The van der Waals surface area contributed by atoms with E-state index in [0.29, 0.717) is 23.1 Å². The molecule has 1 N–H and O–H groups in total. The van der Waals surface area contributed by atoms with Gasteiger partial charge in [-0.3, -0.25) is 19.1 Å². The molecule has 2 saturated heterocycles. The highest BCUT2D eigenvalue weighted by Crippen LogP contribution is 2.35. The van der Waals surface area contributed by atoms with Crippen LogP contribution in [0.2, 0.25) is 0 Å². The van der Waals surface area contributed by atoms with Crippen molar-refractivity contribution in [3.05, 3.63) is 63.5 Å². The zero-order valence-electron chi connectivity index (χ0n) is 17.1. The Labute approximate surface area is 197 Å². The molecule has 166 valence electrons. The first-order valence-corrected chi connectivity index (χ1v) is 11.0. The molecule has 1 aromatic carbocycles. The molecular weight excluding hydrogens is 455 g/mol. The Morgan fingerprint density at radius 3 is 2.77 bits per heavy atom. The molecule has 0 saturated carbocycles. The molecular formula is C22H26Cl2N4O2S. The number of ketones is 1. The minimum absolute atomic E-state index is 0. The largest absolute Gasteiger partial charge is 0.316 e. The molecule has 2 aromatic heterocycles. The van der Waals surface area contributed by atoms with Gasteiger partial charge in [0.2, 0.25) is 0 Å². The lowest BCUT2D eigenvalue weighted by Gasteiger charge is -2.22. The number of benzene rings is 1. The molecule has 2 aliphatic heterocycles. The lowest BCUT2D eigenvalue weighted by Crippen LogP contribution is -2.32. The summed E-state index contributed by atoms with van der Waals surface area (Å²) in [6.45, 7) is 6.08. The van der Waals surface area contributed by atoms with Crippen LogP contribution in [-0.2, 0) is 6.54 Å². The SMILES string of the molecule is Cl.Cl.O=C(c1cccnc1)c1ccc2c(c1)sc(=O)n2CCN1CCC2(CCNC2)C1. The molecule has 9 heteroatoms. The fourth-order valence-corrected chi connectivity index (χ4v) is 5.64. The van der Waals surface area contributed by atoms with Crippen molar-refractivity contribution in [1.82, 2.24) is 19.8 Å². The third-order valence-electron chi connectivity index (χ3n) is 6.34. The maximum atomic E-state index is 12.7. The number of nitrogens with zero attached hydrogens (tertiary/aromatic N) is 3. The number of pyridine rings is 1. The monoisotopic (exact) mass is 480 g/mol. The molecule has 1 atom stereocenters. The maximum Gasteiger partial charge on any atom is 0.308 e. The lowest BCUT2D eigenvalue weighted by molar-refractivity contribution is 0.103. The van der Waals surface area contributed by atoms with E-state index in [1.807, 2.05) is 22.8 Å². The summed E-state index contributed by atoms with van der Waals surface area (Å²) in [6.07, 6.45) is 5.73. The summed E-state index contributed by atoms with van der Waals surface area (Å²) >= 11 is 1.22. The highest BCUT2D eigenvalue weighted by Gasteiger charge is 2.39. The molecule has 5 rings (SSSR count). The minimum Gasteiger partial charge on any atom is -0.316 e. The summed E-state index contributed by atoms with van der Waals surface area (Å²) in [4.78, 5) is 31.8. The first kappa shape index (κ1) is 23.9. The smallest absolute Gasteiger partial charge is 0.308 e. The molecule has 31 heavy (non-hydrogen) atoms. The minimum atomic E-state index is -0.0695. The van der Waals surface area contributed by atoms with Crippen molar-refractivity contribution in [2.24, 2.45) is 5.41 Å². The molecule has 1 spiro atoms. The second-order valence-electron chi connectivity index (χ2n) is 8.23. The van der Waals surface area contributed by atoms with E-state index in [1.54, 1.807) is 24.5 Å². The average molecular weight is 481 g/mol. The Balaban J connectivity index is 0.00000136. The Kier molecular flexibility index (Phi) is 7.55. The van der Waals surface area contributed by atoms with E-state index in [1.165, 1.54) is 24.2 Å². The molecule has 1 unspecified atom stereocenters. The average Bonchev–Trinajstić information content (AvgIpc) is 3.45. The van der Waals surface area contributed by atoms with Gasteiger partial charge in [0.05, 0.1) is 10.2 Å². The topological polar surface area (TPSA) is 67.2 Å². The summed E-state index contributed by atoms with van der Waals surface area (Å²) in [5.41, 5.74) is 2.51. The van der Waals surface area contributed by atoms with E-state index < -0.39 is 0 Å². The Bertz CT molecular complexity index is 1110. The number of halogens is 2. The zero-order chi connectivity index (χ0) is 19.8. The predicted octanol–water partition coefficient (Wildman–Crippen LogP) is 3.22. The molecule has 3 aromatic rings. The summed E-state index contributed by atoms with van der Waals surface area (Å²) < 4.78 is 2.72. The number of carbonyl (C=O) groups is 1. The van der Waals surface area contributed by atoms with Crippen molar-refractivity contribution in [3.63, 3.8) is 0 Å². The van der Waals surface area contributed by atoms with Crippen molar-refractivity contribution < 1.29 is 4.79 Å². The van der Waals surface area contributed by atoms with Gasteiger partial charge in [0.15, 0.2) is 5.78 Å². The van der Waals surface area contributed by atoms with E-state index in [4.69, 9.17) is 0 Å². The third-order valence-corrected chi connectivity index (χ3v) is 7.29. The van der Waals surface area contributed by atoms with E-state index in [-0.39, 0.29) is 35.5 Å². The van der Waals surface area contributed by atoms with Crippen LogP contribution in [-0.4, -0.2) is 53.0 Å². The van der Waals surface area contributed by atoms with Crippen LogP contribution in [0.5, 0.6) is 0 Å². The summed E-state index contributed by atoms with van der Waals surface area (Å²) in [6, 6.07) is 9.07. The molecule has 4 heterocycles. The van der Waals surface area contributed by atoms with Crippen LogP contribution in [0.4, 0.5) is 0 Å². The van der Waals surface area contributed by atoms with Crippen LogP contribution >= 0.6 is 36.2 Å². The van der Waals surface area contributed by atoms with Gasteiger partial charge in [-0.2, -0.15) is 0 Å². The number of rotatable bonds is 5. The van der Waals surface area contributed by atoms with Gasteiger partial charge in [0.25, 0.3) is 0 Å². The van der Waals surface area contributed by atoms with E-state index >= 15 is 0 Å². The van der Waals surface area contributed by atoms with Crippen LogP contribution in [0.3, 0.4) is 0 Å². The number of aromatic nitrogens is 2. The molecule has 2 aliphatic rings.